The molecule has 0 saturated carbocycles. The molecule has 1 aromatic rings. The van der Waals surface area contributed by atoms with E-state index in [1.807, 2.05) is 6.19 Å². The Hall–Kier alpha value is -1.16. The Kier molecular flexibility index (Phi) is 5.35. The summed E-state index contributed by atoms with van der Waals surface area (Å²) in [7, 11) is 0.475. The van der Waals surface area contributed by atoms with Gasteiger partial charge in [0.15, 0.2) is 16.2 Å². The van der Waals surface area contributed by atoms with Crippen LogP contribution in [0.4, 0.5) is 0 Å². The van der Waals surface area contributed by atoms with Gasteiger partial charge >= 0.3 is 6.19 Å². The van der Waals surface area contributed by atoms with Gasteiger partial charge in [0.05, 0.1) is 7.11 Å². The van der Waals surface area contributed by atoms with E-state index in [0.29, 0.717) is 23.9 Å². The van der Waals surface area contributed by atoms with Crippen LogP contribution in [0.3, 0.4) is 0 Å². The van der Waals surface area contributed by atoms with E-state index in [1.54, 1.807) is 18.5 Å². The Bertz CT molecular complexity index is 481. The van der Waals surface area contributed by atoms with Crippen molar-refractivity contribution in [2.45, 2.75) is 6.42 Å². The van der Waals surface area contributed by atoms with Crippen LogP contribution in [-0.2, 0) is 17.4 Å². The summed E-state index contributed by atoms with van der Waals surface area (Å²) in [5, 5.41) is 9.09. The van der Waals surface area contributed by atoms with E-state index in [1.165, 1.54) is 11.1 Å². The van der Waals surface area contributed by atoms with Crippen LogP contribution in [0, 0.1) is 11.5 Å². The minimum atomic E-state index is -1.04. The van der Waals surface area contributed by atoms with Gasteiger partial charge in [-0.25, -0.2) is 4.98 Å². The van der Waals surface area contributed by atoms with E-state index in [2.05, 4.69) is 4.98 Å². The highest BCUT2D eigenvalue weighted by Gasteiger charge is 2.07. The lowest BCUT2D eigenvalue weighted by molar-refractivity contribution is -0.414. The molecule has 0 saturated heterocycles. The lowest BCUT2D eigenvalue weighted by atomic mass is 10.2. The second-order valence-corrected chi connectivity index (χ2v) is 4.93. The number of ether oxygens (including phenoxy) is 1. The van der Waals surface area contributed by atoms with Crippen LogP contribution < -0.4 is 4.74 Å². The molecule has 7 heteroatoms. The first kappa shape index (κ1) is 13.9. The van der Waals surface area contributed by atoms with Gasteiger partial charge in [-0.2, -0.15) is 0 Å². The number of nitrogens with zero attached hydrogens (tertiary/aromatic N) is 3. The van der Waals surface area contributed by atoms with Crippen LogP contribution in [-0.4, -0.2) is 33.4 Å². The molecule has 92 valence electrons. The van der Waals surface area contributed by atoms with Crippen molar-refractivity contribution in [1.29, 1.82) is 5.26 Å². The van der Waals surface area contributed by atoms with Crippen LogP contribution in [0.5, 0.6) is 5.75 Å². The molecule has 0 amide bonds. The lowest BCUT2D eigenvalue weighted by Gasteiger charge is -2.04. The molecule has 0 aliphatic rings. The molecular formula is C10H13ClN3O2S+. The van der Waals surface area contributed by atoms with Crippen LogP contribution in [0.2, 0.25) is 5.15 Å². The molecule has 1 heterocycles. The highest BCUT2D eigenvalue weighted by molar-refractivity contribution is 7.78. The fraction of sp³-hybridized carbons (Fsp3) is 0.400. The van der Waals surface area contributed by atoms with Gasteiger partial charge in [-0.1, -0.05) is 11.6 Å². The van der Waals surface area contributed by atoms with Crippen LogP contribution in [0.15, 0.2) is 12.3 Å². The Morgan fingerprint density at radius 2 is 2.41 bits per heavy atom. The van der Waals surface area contributed by atoms with Gasteiger partial charge in [0.2, 0.25) is 0 Å². The summed E-state index contributed by atoms with van der Waals surface area (Å²) in [4.78, 5) is 3.98. The third-order valence-corrected chi connectivity index (χ3v) is 3.30. The highest BCUT2D eigenvalue weighted by Crippen LogP contribution is 2.22. The maximum absolute atomic E-state index is 9.30. The minimum absolute atomic E-state index is 0.311. The Morgan fingerprint density at radius 3 is 2.94 bits per heavy atom. The second kappa shape index (κ2) is 6.55. The summed E-state index contributed by atoms with van der Waals surface area (Å²) in [6.45, 7) is 0.430. The number of rotatable bonds is 4. The normalized spacial score (nSPS) is 12.8. The third kappa shape index (κ3) is 3.97. The maximum Gasteiger partial charge on any atom is 0.467 e. The van der Waals surface area contributed by atoms with Gasteiger partial charge in [0.25, 0.3) is 0 Å². The molecule has 1 atom stereocenters. The summed E-state index contributed by atoms with van der Waals surface area (Å²) in [5.41, 5.74) is 0.900. The molecule has 0 spiro atoms. The van der Waals surface area contributed by atoms with E-state index in [0.717, 1.165) is 5.56 Å². The largest absolute Gasteiger partial charge is 0.494 e. The van der Waals surface area contributed by atoms with Gasteiger partial charge in [-0.15, -0.1) is 3.95 Å². The fourth-order valence-electron chi connectivity index (χ4n) is 1.22. The Labute approximate surface area is 108 Å². The van der Waals surface area contributed by atoms with Crippen molar-refractivity contribution < 1.29 is 13.2 Å². The zero-order chi connectivity index (χ0) is 12.8. The van der Waals surface area contributed by atoms with E-state index >= 15 is 0 Å². The first-order valence-corrected chi connectivity index (χ1v) is 6.71. The van der Waals surface area contributed by atoms with Crippen molar-refractivity contribution in [2.24, 2.45) is 0 Å². The first-order valence-electron chi connectivity index (χ1n) is 4.79. The van der Waals surface area contributed by atoms with Crippen molar-refractivity contribution in [3.63, 3.8) is 0 Å². The average molecular weight is 275 g/mol. The predicted molar refractivity (Wildman–Crippen MR) is 66.2 cm³/mol. The molecule has 0 aliphatic heterocycles. The van der Waals surface area contributed by atoms with Crippen molar-refractivity contribution >= 4 is 22.6 Å². The topological polar surface area (TPSA) is 69.2 Å². The molecular weight excluding hydrogens is 262 g/mol. The number of hydrogen-bond donors (Lipinski definition) is 1. The van der Waals surface area contributed by atoms with Gasteiger partial charge in [-0.05, 0) is 11.6 Å². The third-order valence-electron chi connectivity index (χ3n) is 2.12. The van der Waals surface area contributed by atoms with Crippen molar-refractivity contribution in [3.8, 4) is 11.9 Å². The zero-order valence-corrected chi connectivity index (χ0v) is 11.1. The summed E-state index contributed by atoms with van der Waals surface area (Å²) in [5.74, 6) is 0.507. The average Bonchev–Trinajstić information content (AvgIpc) is 2.31. The summed E-state index contributed by atoms with van der Waals surface area (Å²) in [6.07, 6.45) is 5.72. The molecule has 0 fully saturated rings. The standard InChI is InChI=1S/C10H12ClN3O2S/c1-16-9-5-8(6-13-10(9)11)3-4-14(7-12)17(2)15/h5-6H,3-4H2,1-2H3/p+1. The van der Waals surface area contributed by atoms with Gasteiger partial charge in [0, 0.05) is 18.9 Å². The number of methoxy groups -OCH3 is 1. The zero-order valence-electron chi connectivity index (χ0n) is 9.55. The molecule has 1 unspecified atom stereocenters. The first-order chi connectivity index (χ1) is 8.08. The minimum Gasteiger partial charge on any atom is -0.494 e. The molecule has 0 aliphatic carbocycles. The Balaban J connectivity index is 2.77. The molecule has 1 rings (SSSR count). The molecule has 1 aromatic heterocycles. The van der Waals surface area contributed by atoms with Crippen LogP contribution >= 0.6 is 11.6 Å². The van der Waals surface area contributed by atoms with Crippen molar-refractivity contribution in [2.75, 3.05) is 19.9 Å². The molecule has 17 heavy (non-hydrogen) atoms. The fourth-order valence-corrected chi connectivity index (χ4v) is 1.87. The number of pyridine rings is 1. The maximum atomic E-state index is 9.30. The van der Waals surface area contributed by atoms with Crippen molar-refractivity contribution in [3.05, 3.63) is 23.0 Å². The highest BCUT2D eigenvalue weighted by atomic mass is 35.5. The van der Waals surface area contributed by atoms with Crippen LogP contribution in [0.25, 0.3) is 0 Å². The number of nitriles is 1. The SMILES string of the molecule is COc1cc(CC[N+](C#N)=S(C)O)cnc1Cl. The molecule has 0 radical (unpaired) electrons. The summed E-state index contributed by atoms with van der Waals surface area (Å²) < 4.78 is 15.7. The predicted octanol–water partition coefficient (Wildman–Crippen LogP) is 1.68. The monoisotopic (exact) mass is 274 g/mol. The Morgan fingerprint density at radius 1 is 1.71 bits per heavy atom. The van der Waals surface area contributed by atoms with Crippen LogP contribution in [0.1, 0.15) is 5.56 Å². The van der Waals surface area contributed by atoms with Gasteiger partial charge < -0.3 is 9.29 Å². The smallest absolute Gasteiger partial charge is 0.467 e. The molecule has 1 N–H and O–H groups in total. The second-order valence-electron chi connectivity index (χ2n) is 3.24. The quantitative estimate of drug-likeness (QED) is 0.393. The van der Waals surface area contributed by atoms with E-state index < -0.39 is 11.0 Å². The number of halogens is 1. The molecule has 0 aromatic carbocycles. The summed E-state index contributed by atoms with van der Waals surface area (Å²) in [6, 6.07) is 1.77. The molecule has 0 bridgehead atoms. The lowest BCUT2D eigenvalue weighted by Crippen LogP contribution is -2.13. The van der Waals surface area contributed by atoms with Gasteiger partial charge in [-0.3, -0.25) is 0 Å². The van der Waals surface area contributed by atoms with Crippen molar-refractivity contribution in [1.82, 2.24) is 4.98 Å². The number of hydrogen-bond acceptors (Lipinski definition) is 3. The van der Waals surface area contributed by atoms with Gasteiger partial charge in [0.1, 0.15) is 17.5 Å². The summed E-state index contributed by atoms with van der Waals surface area (Å²) >= 11 is 5.80. The van der Waals surface area contributed by atoms with E-state index in [9.17, 15) is 4.55 Å². The van der Waals surface area contributed by atoms with E-state index in [-0.39, 0.29) is 0 Å². The molecule has 5 nitrogen and oxygen atoms in total. The number of aromatic nitrogens is 1. The van der Waals surface area contributed by atoms with E-state index in [4.69, 9.17) is 21.6 Å².